The second-order valence-electron chi connectivity index (χ2n) is 3.83. The van der Waals surface area contributed by atoms with Gasteiger partial charge in [-0.3, -0.25) is 4.79 Å². The predicted molar refractivity (Wildman–Crippen MR) is 61.6 cm³/mol. The van der Waals surface area contributed by atoms with E-state index in [1.165, 1.54) is 20.0 Å². The number of carbonyl (C=O) groups is 1. The average molecular weight is 216 g/mol. The van der Waals surface area contributed by atoms with Crippen LogP contribution < -0.4 is 11.1 Å². The number of ether oxygens (including phenoxy) is 1. The molecule has 1 atom stereocenters. The van der Waals surface area contributed by atoms with Crippen LogP contribution in [0.15, 0.2) is 0 Å². The van der Waals surface area contributed by atoms with Crippen molar-refractivity contribution < 1.29 is 9.53 Å². The summed E-state index contributed by atoms with van der Waals surface area (Å²) in [6.07, 6.45) is 4.66. The molecule has 90 valence electrons. The number of nitrogens with one attached hydrogen (secondary N) is 1. The fourth-order valence-electron chi connectivity index (χ4n) is 1.35. The van der Waals surface area contributed by atoms with Crippen LogP contribution in [-0.4, -0.2) is 32.7 Å². The van der Waals surface area contributed by atoms with Gasteiger partial charge in [0.15, 0.2) is 0 Å². The minimum Gasteiger partial charge on any atom is -0.469 e. The molecule has 0 aliphatic heterocycles. The molecule has 0 heterocycles. The maximum atomic E-state index is 11.0. The Labute approximate surface area is 92.6 Å². The van der Waals surface area contributed by atoms with Gasteiger partial charge in [0.2, 0.25) is 0 Å². The van der Waals surface area contributed by atoms with Gasteiger partial charge in [0.1, 0.15) is 0 Å². The summed E-state index contributed by atoms with van der Waals surface area (Å²) < 4.78 is 4.63. The lowest BCUT2D eigenvalue weighted by molar-refractivity contribution is -0.144. The fourth-order valence-corrected chi connectivity index (χ4v) is 1.35. The zero-order valence-corrected chi connectivity index (χ0v) is 9.92. The first kappa shape index (κ1) is 14.4. The number of nitrogens with two attached hydrogens (primary N) is 1. The Morgan fingerprint density at radius 2 is 2.00 bits per heavy atom. The van der Waals surface area contributed by atoms with E-state index in [0.29, 0.717) is 6.54 Å². The molecule has 4 nitrogen and oxygen atoms in total. The molecule has 1 unspecified atom stereocenters. The van der Waals surface area contributed by atoms with Gasteiger partial charge in [-0.15, -0.1) is 0 Å². The van der Waals surface area contributed by atoms with Gasteiger partial charge in [-0.05, 0) is 25.9 Å². The van der Waals surface area contributed by atoms with Crippen LogP contribution in [-0.2, 0) is 9.53 Å². The third-order valence-corrected chi connectivity index (χ3v) is 2.36. The predicted octanol–water partition coefficient (Wildman–Crippen LogP) is 0.904. The highest BCUT2D eigenvalue weighted by atomic mass is 16.5. The summed E-state index contributed by atoms with van der Waals surface area (Å²) in [6.45, 7) is 4.32. The van der Waals surface area contributed by atoms with E-state index in [4.69, 9.17) is 5.73 Å². The molecule has 0 saturated heterocycles. The highest BCUT2D eigenvalue weighted by Crippen LogP contribution is 1.98. The molecule has 0 fully saturated rings. The summed E-state index contributed by atoms with van der Waals surface area (Å²) in [6, 6.07) is 0. The van der Waals surface area contributed by atoms with E-state index in [1.54, 1.807) is 0 Å². The van der Waals surface area contributed by atoms with Gasteiger partial charge in [0.25, 0.3) is 0 Å². The third-order valence-electron chi connectivity index (χ3n) is 2.36. The van der Waals surface area contributed by atoms with Crippen molar-refractivity contribution in [1.29, 1.82) is 0 Å². The van der Waals surface area contributed by atoms with Crippen molar-refractivity contribution in [2.75, 3.05) is 26.7 Å². The molecule has 4 heteroatoms. The molecule has 0 aliphatic carbocycles. The lowest BCUT2D eigenvalue weighted by atomic mass is 10.1. The van der Waals surface area contributed by atoms with Gasteiger partial charge in [-0.25, -0.2) is 0 Å². The van der Waals surface area contributed by atoms with Crippen LogP contribution in [0.5, 0.6) is 0 Å². The third kappa shape index (κ3) is 8.39. The van der Waals surface area contributed by atoms with Crippen LogP contribution >= 0.6 is 0 Å². The molecule has 3 N–H and O–H groups in total. The zero-order valence-electron chi connectivity index (χ0n) is 9.92. The topological polar surface area (TPSA) is 64.3 Å². The maximum Gasteiger partial charge on any atom is 0.309 e. The molecule has 0 radical (unpaired) electrons. The molecule has 0 saturated carbocycles. The van der Waals surface area contributed by atoms with Crippen molar-refractivity contribution >= 4 is 5.97 Å². The van der Waals surface area contributed by atoms with Crippen LogP contribution in [0.25, 0.3) is 0 Å². The monoisotopic (exact) mass is 216 g/mol. The van der Waals surface area contributed by atoms with Gasteiger partial charge in [-0.2, -0.15) is 0 Å². The van der Waals surface area contributed by atoms with Crippen molar-refractivity contribution in [3.8, 4) is 0 Å². The molecular formula is C11H24N2O2. The summed E-state index contributed by atoms with van der Waals surface area (Å²) in [5, 5.41) is 3.25. The van der Waals surface area contributed by atoms with Crippen molar-refractivity contribution in [2.45, 2.75) is 32.6 Å². The van der Waals surface area contributed by atoms with Gasteiger partial charge in [0, 0.05) is 6.54 Å². The first-order valence-corrected chi connectivity index (χ1v) is 5.71. The number of hydrogen-bond donors (Lipinski definition) is 2. The van der Waals surface area contributed by atoms with Crippen LogP contribution in [0.4, 0.5) is 0 Å². The fraction of sp³-hybridized carbons (Fsp3) is 0.909. The molecule has 0 amide bonds. The second-order valence-corrected chi connectivity index (χ2v) is 3.83. The number of rotatable bonds is 9. The van der Waals surface area contributed by atoms with E-state index in [0.717, 1.165) is 25.9 Å². The number of carbonyl (C=O) groups excluding carboxylic acids is 1. The van der Waals surface area contributed by atoms with E-state index >= 15 is 0 Å². The lowest BCUT2D eigenvalue weighted by Gasteiger charge is -2.10. The molecule has 0 aromatic heterocycles. The first-order valence-electron chi connectivity index (χ1n) is 5.71. The van der Waals surface area contributed by atoms with Gasteiger partial charge < -0.3 is 15.8 Å². The normalized spacial score (nSPS) is 12.5. The Bertz CT molecular complexity index is 163. The van der Waals surface area contributed by atoms with E-state index in [-0.39, 0.29) is 11.9 Å². The Kier molecular flexibility index (Phi) is 9.52. The van der Waals surface area contributed by atoms with E-state index < -0.39 is 0 Å². The number of esters is 1. The van der Waals surface area contributed by atoms with Crippen molar-refractivity contribution in [2.24, 2.45) is 11.7 Å². The molecule has 0 rings (SSSR count). The summed E-state index contributed by atoms with van der Waals surface area (Å²) in [5.74, 6) is -0.204. The van der Waals surface area contributed by atoms with E-state index in [9.17, 15) is 4.79 Å². The standard InChI is InChI=1S/C11H24N2O2/c1-10(11(14)15-2)9-13-8-6-4-3-5-7-12/h10,13H,3-9,12H2,1-2H3. The Morgan fingerprint density at radius 1 is 1.33 bits per heavy atom. The minimum absolute atomic E-state index is 0.0564. The Hall–Kier alpha value is -0.610. The van der Waals surface area contributed by atoms with E-state index in [1.807, 2.05) is 6.92 Å². The zero-order chi connectivity index (χ0) is 11.5. The van der Waals surface area contributed by atoms with E-state index in [2.05, 4.69) is 10.1 Å². The van der Waals surface area contributed by atoms with Crippen molar-refractivity contribution in [1.82, 2.24) is 5.32 Å². The van der Waals surface area contributed by atoms with Gasteiger partial charge in [-0.1, -0.05) is 19.8 Å². The largest absolute Gasteiger partial charge is 0.469 e. The first-order chi connectivity index (χ1) is 7.22. The highest BCUT2D eigenvalue weighted by molar-refractivity contribution is 5.71. The highest BCUT2D eigenvalue weighted by Gasteiger charge is 2.11. The summed E-state index contributed by atoms with van der Waals surface area (Å²) in [5.41, 5.74) is 5.39. The minimum atomic E-state index is -0.148. The summed E-state index contributed by atoms with van der Waals surface area (Å²) >= 11 is 0. The Morgan fingerprint density at radius 3 is 2.60 bits per heavy atom. The summed E-state index contributed by atoms with van der Waals surface area (Å²) in [7, 11) is 1.42. The SMILES string of the molecule is COC(=O)C(C)CNCCCCCCN. The molecule has 0 aliphatic rings. The maximum absolute atomic E-state index is 11.0. The number of unbranched alkanes of at least 4 members (excludes halogenated alkanes) is 3. The molecule has 0 bridgehead atoms. The molecular weight excluding hydrogens is 192 g/mol. The van der Waals surface area contributed by atoms with Crippen LogP contribution in [0, 0.1) is 5.92 Å². The Balaban J connectivity index is 3.20. The van der Waals surface area contributed by atoms with Crippen LogP contribution in [0.2, 0.25) is 0 Å². The molecule has 0 aromatic rings. The van der Waals surface area contributed by atoms with Crippen LogP contribution in [0.3, 0.4) is 0 Å². The average Bonchev–Trinajstić information content (AvgIpc) is 2.26. The molecule has 0 spiro atoms. The summed E-state index contributed by atoms with van der Waals surface area (Å²) in [4.78, 5) is 11.0. The van der Waals surface area contributed by atoms with Crippen molar-refractivity contribution in [3.63, 3.8) is 0 Å². The van der Waals surface area contributed by atoms with Crippen LogP contribution in [0.1, 0.15) is 32.6 Å². The lowest BCUT2D eigenvalue weighted by Crippen LogP contribution is -2.27. The number of methoxy groups -OCH3 is 1. The van der Waals surface area contributed by atoms with Gasteiger partial charge >= 0.3 is 5.97 Å². The smallest absolute Gasteiger partial charge is 0.309 e. The van der Waals surface area contributed by atoms with Crippen molar-refractivity contribution in [3.05, 3.63) is 0 Å². The van der Waals surface area contributed by atoms with Gasteiger partial charge in [0.05, 0.1) is 13.0 Å². The quantitative estimate of drug-likeness (QED) is 0.444. The number of hydrogen-bond acceptors (Lipinski definition) is 4. The molecule has 15 heavy (non-hydrogen) atoms. The second kappa shape index (κ2) is 9.93. The molecule has 0 aromatic carbocycles.